The highest BCUT2D eigenvalue weighted by molar-refractivity contribution is 6.07. The van der Waals surface area contributed by atoms with Gasteiger partial charge in [-0.2, -0.15) is 5.10 Å². The summed E-state index contributed by atoms with van der Waals surface area (Å²) in [6.45, 7) is 0. The molecular formula is C19H19N5O4. The summed E-state index contributed by atoms with van der Waals surface area (Å²) in [4.78, 5) is 28.3. The normalized spacial score (nSPS) is 15.8. The molecule has 2 amide bonds. The summed E-state index contributed by atoms with van der Waals surface area (Å²) in [5, 5.41) is 18.5. The molecule has 9 nitrogen and oxygen atoms in total. The van der Waals surface area contributed by atoms with Crippen molar-refractivity contribution in [2.45, 2.75) is 12.5 Å². The Hall–Kier alpha value is -3.88. The monoisotopic (exact) mass is 381 g/mol. The number of hydrazone groups is 1. The van der Waals surface area contributed by atoms with E-state index in [0.717, 1.165) is 5.56 Å². The molecule has 3 rings (SSSR count). The molecule has 9 heteroatoms. The number of hydrogen-bond acceptors (Lipinski definition) is 7. The molecule has 0 bridgehead atoms. The van der Waals surface area contributed by atoms with Gasteiger partial charge < -0.3 is 15.2 Å². The van der Waals surface area contributed by atoms with Gasteiger partial charge in [-0.3, -0.25) is 14.9 Å². The molecule has 1 aliphatic rings. The van der Waals surface area contributed by atoms with Gasteiger partial charge in [-0.25, -0.2) is 10.4 Å². The minimum Gasteiger partial charge on any atom is -0.508 e. The lowest BCUT2D eigenvalue weighted by molar-refractivity contribution is -0.123. The van der Waals surface area contributed by atoms with Crippen molar-refractivity contribution >= 4 is 29.7 Å². The second-order valence-electron chi connectivity index (χ2n) is 5.93. The number of ether oxygens (including phenoxy) is 1. The first-order valence-electron chi connectivity index (χ1n) is 8.44. The zero-order valence-corrected chi connectivity index (χ0v) is 15.0. The summed E-state index contributed by atoms with van der Waals surface area (Å²) in [6.07, 6.45) is 1.42. The second kappa shape index (κ2) is 8.67. The lowest BCUT2D eigenvalue weighted by Gasteiger charge is -2.07. The number of rotatable bonds is 6. The topological polar surface area (TPSA) is 124 Å². The first-order chi connectivity index (χ1) is 13.5. The van der Waals surface area contributed by atoms with E-state index in [1.165, 1.54) is 18.3 Å². The predicted molar refractivity (Wildman–Crippen MR) is 104 cm³/mol. The summed E-state index contributed by atoms with van der Waals surface area (Å²) in [5.41, 5.74) is 3.98. The van der Waals surface area contributed by atoms with Crippen LogP contribution in [0.15, 0.2) is 58.6 Å². The number of amides is 2. The zero-order chi connectivity index (χ0) is 19.9. The van der Waals surface area contributed by atoms with Crippen molar-refractivity contribution in [3.63, 3.8) is 0 Å². The van der Waals surface area contributed by atoms with E-state index in [-0.39, 0.29) is 29.9 Å². The molecule has 0 radical (unpaired) electrons. The van der Waals surface area contributed by atoms with Crippen LogP contribution >= 0.6 is 0 Å². The highest BCUT2D eigenvalue weighted by Gasteiger charge is 2.28. The molecule has 1 aliphatic heterocycles. The van der Waals surface area contributed by atoms with Gasteiger partial charge in [0.15, 0.2) is 0 Å². The lowest BCUT2D eigenvalue weighted by atomic mass is 10.2. The third-order valence-electron chi connectivity index (χ3n) is 3.86. The van der Waals surface area contributed by atoms with Crippen molar-refractivity contribution in [3.8, 4) is 11.5 Å². The molecule has 0 spiro atoms. The molecule has 1 heterocycles. The maximum atomic E-state index is 12.1. The van der Waals surface area contributed by atoms with E-state index < -0.39 is 6.04 Å². The van der Waals surface area contributed by atoms with Crippen LogP contribution in [-0.4, -0.2) is 42.2 Å². The number of aromatic hydroxyl groups is 1. The van der Waals surface area contributed by atoms with Gasteiger partial charge in [0.05, 0.1) is 19.7 Å². The van der Waals surface area contributed by atoms with Crippen molar-refractivity contribution in [1.29, 1.82) is 0 Å². The van der Waals surface area contributed by atoms with E-state index in [0.29, 0.717) is 11.4 Å². The molecule has 2 aromatic carbocycles. The molecule has 0 saturated heterocycles. The van der Waals surface area contributed by atoms with Gasteiger partial charge in [-0.1, -0.05) is 0 Å². The van der Waals surface area contributed by atoms with Crippen LogP contribution in [0.3, 0.4) is 0 Å². The van der Waals surface area contributed by atoms with Gasteiger partial charge in [-0.05, 0) is 54.1 Å². The van der Waals surface area contributed by atoms with Crippen molar-refractivity contribution in [3.05, 3.63) is 54.1 Å². The number of nitrogens with zero attached hydrogens (tertiary/aromatic N) is 2. The minimum atomic E-state index is -0.829. The van der Waals surface area contributed by atoms with Gasteiger partial charge in [0.2, 0.25) is 11.9 Å². The van der Waals surface area contributed by atoms with E-state index in [2.05, 4.69) is 26.2 Å². The number of carbonyl (C=O) groups excluding carboxylic acids is 2. The molecule has 28 heavy (non-hydrogen) atoms. The quantitative estimate of drug-likeness (QED) is 0.442. The SMILES string of the molecule is COc1ccc(NC(=O)CC2N=C(N/N=C/c3ccc(O)cc3)NC2=O)cc1. The van der Waals surface area contributed by atoms with Crippen molar-refractivity contribution < 1.29 is 19.4 Å². The smallest absolute Gasteiger partial charge is 0.252 e. The fraction of sp³-hybridized carbons (Fsp3) is 0.158. The van der Waals surface area contributed by atoms with E-state index in [1.807, 2.05) is 0 Å². The number of benzene rings is 2. The summed E-state index contributed by atoms with van der Waals surface area (Å²) in [7, 11) is 1.56. The second-order valence-corrected chi connectivity index (χ2v) is 5.93. The molecule has 1 atom stereocenters. The van der Waals surface area contributed by atoms with Gasteiger partial charge in [0, 0.05) is 5.69 Å². The first kappa shape index (κ1) is 18.9. The molecular weight excluding hydrogens is 362 g/mol. The lowest BCUT2D eigenvalue weighted by Crippen LogP contribution is -2.35. The zero-order valence-electron chi connectivity index (χ0n) is 15.0. The number of phenols is 1. The summed E-state index contributed by atoms with van der Waals surface area (Å²) in [5.74, 6) is 0.298. The van der Waals surface area contributed by atoms with Crippen molar-refractivity contribution in [2.75, 3.05) is 12.4 Å². The first-order valence-corrected chi connectivity index (χ1v) is 8.44. The van der Waals surface area contributed by atoms with Gasteiger partial charge in [0.1, 0.15) is 17.5 Å². The summed E-state index contributed by atoms with van der Waals surface area (Å²) < 4.78 is 5.06. The standard InChI is InChI=1S/C19H19N5O4/c1-28-15-8-4-13(5-9-15)21-17(26)10-16-18(27)23-19(22-16)24-20-11-12-2-6-14(25)7-3-12/h2-9,11,16,25H,10H2,1H3,(H,21,26)(H2,22,23,24,27)/b20-11+. The maximum absolute atomic E-state index is 12.1. The Morgan fingerprint density at radius 3 is 2.64 bits per heavy atom. The van der Waals surface area contributed by atoms with Crippen LogP contribution in [0, 0.1) is 0 Å². The van der Waals surface area contributed by atoms with E-state index in [9.17, 15) is 14.7 Å². The number of aliphatic imine (C=N–C) groups is 1. The molecule has 2 aromatic rings. The highest BCUT2D eigenvalue weighted by Crippen LogP contribution is 2.16. The van der Waals surface area contributed by atoms with Crippen LogP contribution in [0.5, 0.6) is 11.5 Å². The predicted octanol–water partition coefficient (Wildman–Crippen LogP) is 1.21. The summed E-state index contributed by atoms with van der Waals surface area (Å²) in [6, 6.07) is 12.5. The number of anilines is 1. The Morgan fingerprint density at radius 2 is 1.96 bits per heavy atom. The van der Waals surface area contributed by atoms with Crippen LogP contribution in [0.2, 0.25) is 0 Å². The maximum Gasteiger partial charge on any atom is 0.252 e. The molecule has 144 valence electrons. The van der Waals surface area contributed by atoms with Crippen LogP contribution < -0.4 is 20.8 Å². The van der Waals surface area contributed by atoms with Crippen LogP contribution in [0.25, 0.3) is 0 Å². The fourth-order valence-corrected chi connectivity index (χ4v) is 2.43. The third kappa shape index (κ3) is 5.07. The van der Waals surface area contributed by atoms with Gasteiger partial charge >= 0.3 is 0 Å². The fourth-order valence-electron chi connectivity index (χ4n) is 2.43. The van der Waals surface area contributed by atoms with Crippen molar-refractivity contribution in [1.82, 2.24) is 10.7 Å². The Morgan fingerprint density at radius 1 is 1.25 bits per heavy atom. The van der Waals surface area contributed by atoms with Crippen LogP contribution in [0.4, 0.5) is 5.69 Å². The Labute approximate surface area is 161 Å². The van der Waals surface area contributed by atoms with Gasteiger partial charge in [-0.15, -0.1) is 0 Å². The molecule has 0 fully saturated rings. The molecule has 0 saturated carbocycles. The van der Waals surface area contributed by atoms with E-state index >= 15 is 0 Å². The number of methoxy groups -OCH3 is 1. The number of nitrogens with one attached hydrogen (secondary N) is 3. The Bertz CT molecular complexity index is 907. The number of carbonyl (C=O) groups is 2. The van der Waals surface area contributed by atoms with E-state index in [4.69, 9.17) is 4.74 Å². The van der Waals surface area contributed by atoms with Crippen LogP contribution in [-0.2, 0) is 9.59 Å². The molecule has 4 N–H and O–H groups in total. The minimum absolute atomic E-state index is 0.0925. The average molecular weight is 381 g/mol. The van der Waals surface area contributed by atoms with Crippen LogP contribution in [0.1, 0.15) is 12.0 Å². The van der Waals surface area contributed by atoms with Gasteiger partial charge in [0.25, 0.3) is 5.91 Å². The Kier molecular flexibility index (Phi) is 5.85. The van der Waals surface area contributed by atoms with Crippen molar-refractivity contribution in [2.24, 2.45) is 10.1 Å². The summed E-state index contributed by atoms with van der Waals surface area (Å²) >= 11 is 0. The third-order valence-corrected chi connectivity index (χ3v) is 3.86. The number of guanidine groups is 1. The molecule has 0 aliphatic carbocycles. The number of hydrogen-bond donors (Lipinski definition) is 4. The highest BCUT2D eigenvalue weighted by atomic mass is 16.5. The average Bonchev–Trinajstić information content (AvgIpc) is 3.03. The Balaban J connectivity index is 1.52. The molecule has 1 unspecified atom stereocenters. The molecule has 0 aromatic heterocycles. The largest absolute Gasteiger partial charge is 0.508 e. The number of phenolic OH excluding ortho intramolecular Hbond substituents is 1. The van der Waals surface area contributed by atoms with E-state index in [1.54, 1.807) is 43.5 Å².